The van der Waals surface area contributed by atoms with E-state index in [1.165, 1.54) is 0 Å². The monoisotopic (exact) mass is 280 g/mol. The summed E-state index contributed by atoms with van der Waals surface area (Å²) in [5.41, 5.74) is 7.73. The highest BCUT2D eigenvalue weighted by Crippen LogP contribution is 2.28. The lowest BCUT2D eigenvalue weighted by Crippen LogP contribution is -2.29. The van der Waals surface area contributed by atoms with E-state index in [0.29, 0.717) is 10.9 Å². The first-order chi connectivity index (χ1) is 8.77. The van der Waals surface area contributed by atoms with Crippen LogP contribution in [0.4, 0.5) is 5.69 Å². The molecular formula is C15H24N2OS. The fourth-order valence-corrected chi connectivity index (χ4v) is 1.72. The number of ether oxygens (including phenoxy) is 1. The zero-order chi connectivity index (χ0) is 14.6. The molecule has 19 heavy (non-hydrogen) atoms. The van der Waals surface area contributed by atoms with Crippen LogP contribution in [0.25, 0.3) is 0 Å². The number of rotatable bonds is 6. The zero-order valence-electron chi connectivity index (χ0n) is 12.4. The smallest absolute Gasteiger partial charge is 0.120 e. The van der Waals surface area contributed by atoms with Gasteiger partial charge >= 0.3 is 0 Å². The Labute approximate surface area is 121 Å². The third-order valence-corrected chi connectivity index (χ3v) is 4.01. The molecule has 4 heteroatoms. The predicted octanol–water partition coefficient (Wildman–Crippen LogP) is 3.42. The van der Waals surface area contributed by atoms with Gasteiger partial charge < -0.3 is 15.8 Å². The van der Waals surface area contributed by atoms with Gasteiger partial charge in [0.15, 0.2) is 0 Å². The van der Waals surface area contributed by atoms with Gasteiger partial charge in [0.1, 0.15) is 10.7 Å². The van der Waals surface area contributed by atoms with Crippen molar-refractivity contribution < 1.29 is 4.74 Å². The first kappa shape index (κ1) is 15.8. The van der Waals surface area contributed by atoms with Crippen molar-refractivity contribution in [3.05, 3.63) is 23.8 Å². The molecule has 106 valence electrons. The molecule has 1 rings (SSSR count). The molecule has 3 nitrogen and oxygen atoms in total. The van der Waals surface area contributed by atoms with Crippen molar-refractivity contribution in [1.82, 2.24) is 0 Å². The van der Waals surface area contributed by atoms with Gasteiger partial charge in [-0.05, 0) is 23.5 Å². The summed E-state index contributed by atoms with van der Waals surface area (Å²) in [5, 5.41) is 3.44. The summed E-state index contributed by atoms with van der Waals surface area (Å²) in [4.78, 5) is 0.396. The number of methoxy groups -OCH3 is 1. The minimum atomic E-state index is 0.191. The number of nitrogens with one attached hydrogen (secondary N) is 1. The van der Waals surface area contributed by atoms with Gasteiger partial charge in [0.2, 0.25) is 0 Å². The molecule has 0 saturated heterocycles. The molecule has 0 unspecified atom stereocenters. The zero-order valence-corrected chi connectivity index (χ0v) is 13.2. The summed E-state index contributed by atoms with van der Waals surface area (Å²) >= 11 is 5.09. The van der Waals surface area contributed by atoms with E-state index in [4.69, 9.17) is 22.7 Å². The number of anilines is 1. The van der Waals surface area contributed by atoms with Crippen LogP contribution in [-0.4, -0.2) is 18.6 Å². The maximum Gasteiger partial charge on any atom is 0.120 e. The standard InChI is InChI=1S/C15H24N2OS/c1-10(2)15(3,4)9-17-13-8-11(18-5)6-7-12(13)14(16)19/h6-8,10,17H,9H2,1-5H3,(H2,16,19). The third kappa shape index (κ3) is 4.10. The molecule has 0 atom stereocenters. The molecule has 3 N–H and O–H groups in total. The SMILES string of the molecule is COc1ccc(C(N)=S)c(NCC(C)(C)C(C)C)c1. The lowest BCUT2D eigenvalue weighted by molar-refractivity contribution is 0.269. The number of hydrogen-bond donors (Lipinski definition) is 2. The molecular weight excluding hydrogens is 256 g/mol. The fourth-order valence-electron chi connectivity index (χ4n) is 1.54. The number of hydrogen-bond acceptors (Lipinski definition) is 3. The van der Waals surface area contributed by atoms with Crippen LogP contribution in [0.15, 0.2) is 18.2 Å². The molecule has 1 aromatic carbocycles. The maximum atomic E-state index is 5.76. The minimum Gasteiger partial charge on any atom is -0.497 e. The second-order valence-corrected chi connectivity index (χ2v) is 6.21. The summed E-state index contributed by atoms with van der Waals surface area (Å²) in [6.07, 6.45) is 0. The van der Waals surface area contributed by atoms with Crippen molar-refractivity contribution >= 4 is 22.9 Å². The van der Waals surface area contributed by atoms with E-state index >= 15 is 0 Å². The molecule has 0 aliphatic carbocycles. The van der Waals surface area contributed by atoms with Gasteiger partial charge in [0.25, 0.3) is 0 Å². The normalized spacial score (nSPS) is 11.5. The Morgan fingerprint density at radius 3 is 2.53 bits per heavy atom. The van der Waals surface area contributed by atoms with Crippen LogP contribution >= 0.6 is 12.2 Å². The van der Waals surface area contributed by atoms with Gasteiger partial charge in [-0.15, -0.1) is 0 Å². The Morgan fingerprint density at radius 1 is 1.42 bits per heavy atom. The van der Waals surface area contributed by atoms with E-state index in [-0.39, 0.29) is 5.41 Å². The summed E-state index contributed by atoms with van der Waals surface area (Å²) in [7, 11) is 1.65. The van der Waals surface area contributed by atoms with Gasteiger partial charge in [0, 0.05) is 23.9 Å². The molecule has 0 saturated carbocycles. The van der Waals surface area contributed by atoms with E-state index < -0.39 is 0 Å². The first-order valence-corrected chi connectivity index (χ1v) is 6.90. The molecule has 0 aliphatic heterocycles. The number of thiocarbonyl (C=S) groups is 1. The predicted molar refractivity (Wildman–Crippen MR) is 86.0 cm³/mol. The van der Waals surface area contributed by atoms with Crippen LogP contribution < -0.4 is 15.8 Å². The van der Waals surface area contributed by atoms with Gasteiger partial charge in [-0.1, -0.05) is 39.9 Å². The molecule has 0 aromatic heterocycles. The second kappa shape index (κ2) is 6.24. The minimum absolute atomic E-state index is 0.191. The average molecular weight is 280 g/mol. The van der Waals surface area contributed by atoms with Crippen molar-refractivity contribution in [3.63, 3.8) is 0 Å². The van der Waals surface area contributed by atoms with Crippen LogP contribution in [0.5, 0.6) is 5.75 Å². The van der Waals surface area contributed by atoms with E-state index in [0.717, 1.165) is 23.5 Å². The highest BCUT2D eigenvalue weighted by molar-refractivity contribution is 7.80. The summed E-state index contributed by atoms with van der Waals surface area (Å²) in [6, 6.07) is 5.70. The Morgan fingerprint density at radius 2 is 2.05 bits per heavy atom. The lowest BCUT2D eigenvalue weighted by atomic mass is 9.81. The van der Waals surface area contributed by atoms with Crippen molar-refractivity contribution in [2.75, 3.05) is 19.0 Å². The van der Waals surface area contributed by atoms with Gasteiger partial charge in [0.05, 0.1) is 7.11 Å². The molecule has 0 heterocycles. The van der Waals surface area contributed by atoms with Crippen molar-refractivity contribution in [3.8, 4) is 5.75 Å². The van der Waals surface area contributed by atoms with E-state index in [1.54, 1.807) is 7.11 Å². The van der Waals surface area contributed by atoms with Crippen molar-refractivity contribution in [1.29, 1.82) is 0 Å². The van der Waals surface area contributed by atoms with Crippen LogP contribution in [0, 0.1) is 11.3 Å². The second-order valence-electron chi connectivity index (χ2n) is 5.77. The Bertz CT molecular complexity index is 455. The van der Waals surface area contributed by atoms with Gasteiger partial charge in [-0.25, -0.2) is 0 Å². The summed E-state index contributed by atoms with van der Waals surface area (Å²) < 4.78 is 5.24. The fraction of sp³-hybridized carbons (Fsp3) is 0.533. The third-order valence-electron chi connectivity index (χ3n) is 3.79. The molecule has 0 spiro atoms. The lowest BCUT2D eigenvalue weighted by Gasteiger charge is -2.30. The van der Waals surface area contributed by atoms with Crippen LogP contribution in [-0.2, 0) is 0 Å². The number of nitrogens with two attached hydrogens (primary N) is 1. The van der Waals surface area contributed by atoms with E-state index in [9.17, 15) is 0 Å². The van der Waals surface area contributed by atoms with Crippen LogP contribution in [0.2, 0.25) is 0 Å². The Balaban J connectivity index is 2.95. The summed E-state index contributed by atoms with van der Waals surface area (Å²) in [5.74, 6) is 1.38. The molecule has 1 aromatic rings. The highest BCUT2D eigenvalue weighted by Gasteiger charge is 2.22. The largest absolute Gasteiger partial charge is 0.497 e. The Kier molecular flexibility index (Phi) is 5.18. The molecule has 0 fully saturated rings. The highest BCUT2D eigenvalue weighted by atomic mass is 32.1. The average Bonchev–Trinajstić information content (AvgIpc) is 2.35. The maximum absolute atomic E-state index is 5.76. The van der Waals surface area contributed by atoms with Gasteiger partial charge in [-0.3, -0.25) is 0 Å². The van der Waals surface area contributed by atoms with E-state index in [1.807, 2.05) is 18.2 Å². The molecule has 0 aliphatic rings. The first-order valence-electron chi connectivity index (χ1n) is 6.49. The van der Waals surface area contributed by atoms with Gasteiger partial charge in [-0.2, -0.15) is 0 Å². The Hall–Kier alpha value is -1.29. The summed E-state index contributed by atoms with van der Waals surface area (Å²) in [6.45, 7) is 9.79. The van der Waals surface area contributed by atoms with Crippen LogP contribution in [0.3, 0.4) is 0 Å². The molecule has 0 bridgehead atoms. The van der Waals surface area contributed by atoms with Crippen molar-refractivity contribution in [2.45, 2.75) is 27.7 Å². The number of benzene rings is 1. The van der Waals surface area contributed by atoms with Crippen molar-refractivity contribution in [2.24, 2.45) is 17.1 Å². The molecule has 0 radical (unpaired) electrons. The quantitative estimate of drug-likeness (QED) is 0.784. The van der Waals surface area contributed by atoms with Crippen LogP contribution in [0.1, 0.15) is 33.3 Å². The topological polar surface area (TPSA) is 47.3 Å². The molecule has 0 amide bonds. The van der Waals surface area contributed by atoms with E-state index in [2.05, 4.69) is 33.0 Å².